The normalized spacial score (nSPS) is 20.2. The van der Waals surface area contributed by atoms with Gasteiger partial charge in [-0.25, -0.2) is 4.39 Å². The van der Waals surface area contributed by atoms with Gasteiger partial charge in [-0.1, -0.05) is 0 Å². The largest absolute Gasteiger partial charge is 0.416 e. The number of piperazine rings is 1. The number of hydrogen-bond acceptors (Lipinski definition) is 3. The van der Waals surface area contributed by atoms with E-state index in [0.29, 0.717) is 52.2 Å². The third-order valence-electron chi connectivity index (χ3n) is 5.32. The molecule has 0 amide bonds. The fourth-order valence-electron chi connectivity index (χ4n) is 4.02. The van der Waals surface area contributed by atoms with Crippen molar-refractivity contribution in [1.29, 1.82) is 0 Å². The van der Waals surface area contributed by atoms with Crippen LogP contribution in [0.15, 0.2) is 12.1 Å². The Balaban J connectivity index is 0.00000225. The van der Waals surface area contributed by atoms with Crippen molar-refractivity contribution in [3.63, 3.8) is 0 Å². The number of halogens is 9. The van der Waals surface area contributed by atoms with Gasteiger partial charge in [0.15, 0.2) is 0 Å². The highest BCUT2D eigenvalue weighted by Crippen LogP contribution is 2.45. The summed E-state index contributed by atoms with van der Waals surface area (Å²) >= 11 is 0. The minimum Gasteiger partial charge on any atom is -0.381 e. The number of nitrogens with one attached hydrogen (secondary N) is 1. The molecule has 2 aliphatic heterocycles. The zero-order valence-corrected chi connectivity index (χ0v) is 17.4. The van der Waals surface area contributed by atoms with Gasteiger partial charge in [0.1, 0.15) is 5.82 Å². The molecule has 0 bridgehead atoms. The molecular formula is C18H23Cl2F7N2O. The van der Waals surface area contributed by atoms with Crippen molar-refractivity contribution in [3.8, 4) is 0 Å². The Hall–Kier alpha value is -0.810. The van der Waals surface area contributed by atoms with E-state index in [-0.39, 0.29) is 42.9 Å². The van der Waals surface area contributed by atoms with E-state index in [1.807, 2.05) is 0 Å². The van der Waals surface area contributed by atoms with Crippen molar-refractivity contribution in [3.05, 3.63) is 34.6 Å². The van der Waals surface area contributed by atoms with Crippen LogP contribution >= 0.6 is 24.8 Å². The van der Waals surface area contributed by atoms with Gasteiger partial charge in [0, 0.05) is 51.0 Å². The lowest BCUT2D eigenvalue weighted by Gasteiger charge is -2.42. The minimum absolute atomic E-state index is 0. The van der Waals surface area contributed by atoms with E-state index in [0.717, 1.165) is 0 Å². The molecule has 0 spiro atoms. The van der Waals surface area contributed by atoms with Crippen LogP contribution in [0.25, 0.3) is 0 Å². The number of rotatable bonds is 3. The molecule has 12 heteroatoms. The molecular weight excluding hydrogens is 464 g/mol. The fourth-order valence-corrected chi connectivity index (χ4v) is 4.02. The maximum atomic E-state index is 14.9. The first-order chi connectivity index (χ1) is 13.1. The van der Waals surface area contributed by atoms with Crippen LogP contribution < -0.4 is 5.32 Å². The molecule has 30 heavy (non-hydrogen) atoms. The van der Waals surface area contributed by atoms with Gasteiger partial charge < -0.3 is 10.1 Å². The molecule has 0 unspecified atom stereocenters. The summed E-state index contributed by atoms with van der Waals surface area (Å²) in [5, 5.41) is 3.08. The molecule has 1 N–H and O–H groups in total. The van der Waals surface area contributed by atoms with Crippen molar-refractivity contribution in [2.45, 2.75) is 31.2 Å². The fraction of sp³-hybridized carbons (Fsp3) is 0.667. The quantitative estimate of drug-likeness (QED) is 0.603. The molecule has 0 aromatic heterocycles. The van der Waals surface area contributed by atoms with Gasteiger partial charge in [-0.3, -0.25) is 4.90 Å². The zero-order valence-electron chi connectivity index (χ0n) is 15.8. The first-order valence-corrected chi connectivity index (χ1v) is 9.09. The number of benzene rings is 1. The van der Waals surface area contributed by atoms with E-state index in [1.54, 1.807) is 4.90 Å². The second-order valence-corrected chi connectivity index (χ2v) is 7.10. The van der Waals surface area contributed by atoms with E-state index in [1.165, 1.54) is 0 Å². The summed E-state index contributed by atoms with van der Waals surface area (Å²) in [6, 6.07) is -0.739. The highest BCUT2D eigenvalue weighted by atomic mass is 35.5. The summed E-state index contributed by atoms with van der Waals surface area (Å²) in [5.74, 6) is -1.80. The van der Waals surface area contributed by atoms with Crippen molar-refractivity contribution in [2.24, 2.45) is 5.92 Å². The van der Waals surface area contributed by atoms with E-state index < -0.39 is 40.9 Å². The Bertz CT molecular complexity index is 670. The van der Waals surface area contributed by atoms with Gasteiger partial charge in [0.25, 0.3) is 0 Å². The number of ether oxygens (including phenoxy) is 1. The number of alkyl halides is 6. The van der Waals surface area contributed by atoms with Gasteiger partial charge in [0.05, 0.1) is 11.1 Å². The molecule has 1 aromatic carbocycles. The van der Waals surface area contributed by atoms with E-state index in [4.69, 9.17) is 4.74 Å². The standard InChI is InChI=1S/C18H21F7N2O.2ClH/c19-14-10-12(17(20,21)22)9-13(18(23,24)25)15(14)16(11-1-7-28-8-2-11)27-5-3-26-4-6-27;;/h9-11,16,26H,1-8H2;2*1H/t16-;;/m0../s1. The SMILES string of the molecule is Cl.Cl.Fc1cc(C(F)(F)F)cc(C(F)(F)F)c1[C@H](C1CCOCC1)N1CCNCC1. The maximum absolute atomic E-state index is 14.9. The van der Waals surface area contributed by atoms with Crippen molar-refractivity contribution >= 4 is 24.8 Å². The Kier molecular flexibility index (Phi) is 9.69. The molecule has 2 saturated heterocycles. The first kappa shape index (κ1) is 27.2. The van der Waals surface area contributed by atoms with Gasteiger partial charge >= 0.3 is 12.4 Å². The monoisotopic (exact) mass is 486 g/mol. The van der Waals surface area contributed by atoms with Gasteiger partial charge in [-0.2, -0.15) is 26.3 Å². The lowest BCUT2D eigenvalue weighted by molar-refractivity contribution is -0.144. The van der Waals surface area contributed by atoms with E-state index in [2.05, 4.69) is 5.32 Å². The Morgan fingerprint density at radius 1 is 0.933 bits per heavy atom. The Morgan fingerprint density at radius 3 is 2.00 bits per heavy atom. The van der Waals surface area contributed by atoms with Crippen molar-refractivity contribution < 1.29 is 35.5 Å². The highest BCUT2D eigenvalue weighted by Gasteiger charge is 2.44. The number of hydrogen-bond donors (Lipinski definition) is 1. The first-order valence-electron chi connectivity index (χ1n) is 9.09. The lowest BCUT2D eigenvalue weighted by Crippen LogP contribution is -2.48. The highest BCUT2D eigenvalue weighted by molar-refractivity contribution is 5.85. The van der Waals surface area contributed by atoms with Gasteiger partial charge in [-0.05, 0) is 30.9 Å². The van der Waals surface area contributed by atoms with Crippen molar-refractivity contribution in [1.82, 2.24) is 10.2 Å². The van der Waals surface area contributed by atoms with Crippen LogP contribution in [-0.4, -0.2) is 44.3 Å². The molecule has 3 rings (SSSR count). The number of nitrogens with zero attached hydrogens (tertiary/aromatic N) is 1. The molecule has 0 aliphatic carbocycles. The van der Waals surface area contributed by atoms with Crippen LogP contribution in [0.4, 0.5) is 30.7 Å². The summed E-state index contributed by atoms with van der Waals surface area (Å²) in [5.41, 5.74) is -3.86. The second-order valence-electron chi connectivity index (χ2n) is 7.10. The Morgan fingerprint density at radius 2 is 1.50 bits per heavy atom. The predicted molar refractivity (Wildman–Crippen MR) is 102 cm³/mol. The van der Waals surface area contributed by atoms with Crippen LogP contribution in [0.5, 0.6) is 0 Å². The maximum Gasteiger partial charge on any atom is 0.416 e. The average molecular weight is 487 g/mol. The lowest BCUT2D eigenvalue weighted by atomic mass is 9.82. The Labute approximate surface area is 182 Å². The summed E-state index contributed by atoms with van der Waals surface area (Å²) in [6.45, 7) is 2.47. The molecule has 0 radical (unpaired) electrons. The van der Waals surface area contributed by atoms with Crippen molar-refractivity contribution in [2.75, 3.05) is 39.4 Å². The second kappa shape index (κ2) is 10.7. The molecule has 2 heterocycles. The summed E-state index contributed by atoms with van der Waals surface area (Å²) in [4.78, 5) is 1.74. The van der Waals surface area contributed by atoms with Gasteiger partial charge in [-0.15, -0.1) is 24.8 Å². The third kappa shape index (κ3) is 6.12. The van der Waals surface area contributed by atoms with Gasteiger partial charge in [0.2, 0.25) is 0 Å². The smallest absolute Gasteiger partial charge is 0.381 e. The molecule has 2 aliphatic rings. The molecule has 2 fully saturated rings. The third-order valence-corrected chi connectivity index (χ3v) is 5.32. The zero-order chi connectivity index (χ0) is 20.5. The molecule has 174 valence electrons. The predicted octanol–water partition coefficient (Wildman–Crippen LogP) is 5.08. The molecule has 0 saturated carbocycles. The summed E-state index contributed by atoms with van der Waals surface area (Å²) in [7, 11) is 0. The topological polar surface area (TPSA) is 24.5 Å². The van der Waals surface area contributed by atoms with Crippen LogP contribution in [0.1, 0.15) is 35.6 Å². The van der Waals surface area contributed by atoms with Crippen LogP contribution in [0.2, 0.25) is 0 Å². The summed E-state index contributed by atoms with van der Waals surface area (Å²) < 4.78 is 100. The van der Waals surface area contributed by atoms with Crippen LogP contribution in [0.3, 0.4) is 0 Å². The summed E-state index contributed by atoms with van der Waals surface area (Å²) in [6.07, 6.45) is -9.32. The molecule has 1 aromatic rings. The minimum atomic E-state index is -5.10. The van der Waals surface area contributed by atoms with Crippen LogP contribution in [-0.2, 0) is 17.1 Å². The molecule has 3 nitrogen and oxygen atoms in total. The van der Waals surface area contributed by atoms with E-state index >= 15 is 0 Å². The average Bonchev–Trinajstić information content (AvgIpc) is 2.63. The van der Waals surface area contributed by atoms with Crippen LogP contribution in [0, 0.1) is 11.7 Å². The van der Waals surface area contributed by atoms with E-state index in [9.17, 15) is 30.7 Å². The molecule has 1 atom stereocenters.